The van der Waals surface area contributed by atoms with Crippen LogP contribution in [0.5, 0.6) is 0 Å². The van der Waals surface area contributed by atoms with Crippen LogP contribution in [0.2, 0.25) is 0 Å². The number of fused-ring (bicyclic) bond motifs is 10. The van der Waals surface area contributed by atoms with Gasteiger partial charge in [0.15, 0.2) is 0 Å². The average molecular weight is 569 g/mol. The van der Waals surface area contributed by atoms with Crippen LogP contribution in [-0.4, -0.2) is 9.38 Å². The number of benzene rings is 4. The number of aromatic nitrogens is 2. The van der Waals surface area contributed by atoms with Crippen molar-refractivity contribution in [2.45, 2.75) is 93.4 Å². The quantitative estimate of drug-likeness (QED) is 0.159. The Labute approximate surface area is 257 Å². The lowest BCUT2D eigenvalue weighted by Crippen LogP contribution is -2.32. The molecule has 0 bridgehead atoms. The topological polar surface area (TPSA) is 17.3 Å². The number of unbranched alkanes of at least 4 members (excludes halogenated alkanes) is 1. The van der Waals surface area contributed by atoms with Crippen molar-refractivity contribution >= 4 is 55.2 Å². The second-order valence-electron chi connectivity index (χ2n) is 14.2. The van der Waals surface area contributed by atoms with Crippen LogP contribution < -0.4 is 0 Å². The first-order valence-corrected chi connectivity index (χ1v) is 16.5. The lowest BCUT2D eigenvalue weighted by molar-refractivity contribution is 0.0885. The summed E-state index contributed by atoms with van der Waals surface area (Å²) in [6.45, 7) is 16.5. The van der Waals surface area contributed by atoms with Gasteiger partial charge in [-0.15, -0.1) is 0 Å². The number of para-hydroxylation sites is 1. The molecule has 222 valence electrons. The van der Waals surface area contributed by atoms with E-state index in [9.17, 15) is 0 Å². The van der Waals surface area contributed by atoms with Crippen molar-refractivity contribution in [2.75, 3.05) is 0 Å². The second kappa shape index (κ2) is 11.5. The fourth-order valence-corrected chi connectivity index (χ4v) is 7.08. The number of nitrogens with zero attached hydrogens (tertiary/aromatic N) is 2. The van der Waals surface area contributed by atoms with Crippen molar-refractivity contribution in [3.8, 4) is 0 Å². The number of hydrogen-bond acceptors (Lipinski definition) is 1. The Hall–Kier alpha value is -3.65. The Balaban J connectivity index is 1.44. The summed E-state index contributed by atoms with van der Waals surface area (Å²) in [4.78, 5) is 5.27. The Morgan fingerprint density at radius 2 is 1.60 bits per heavy atom. The van der Waals surface area contributed by atoms with Crippen molar-refractivity contribution in [1.82, 2.24) is 9.38 Å². The Morgan fingerprint density at radius 1 is 0.814 bits per heavy atom. The first-order valence-electron chi connectivity index (χ1n) is 16.5. The minimum absolute atomic E-state index is 0.319. The molecule has 1 unspecified atom stereocenters. The van der Waals surface area contributed by atoms with Crippen molar-refractivity contribution < 1.29 is 0 Å². The molecule has 0 spiro atoms. The summed E-state index contributed by atoms with van der Waals surface area (Å²) in [5.41, 5.74) is 9.26. The van der Waals surface area contributed by atoms with Crippen LogP contribution in [0.4, 0.5) is 0 Å². The minimum Gasteiger partial charge on any atom is -0.292 e. The van der Waals surface area contributed by atoms with Crippen LogP contribution in [0.3, 0.4) is 0 Å². The van der Waals surface area contributed by atoms with Gasteiger partial charge in [-0.25, -0.2) is 4.98 Å². The van der Waals surface area contributed by atoms with Crippen LogP contribution in [0.1, 0.15) is 98.1 Å². The smallest absolute Gasteiger partial charge is 0.146 e. The number of aryl methyl sites for hydroxylation is 1. The molecule has 0 aliphatic heterocycles. The van der Waals surface area contributed by atoms with Gasteiger partial charge in [-0.1, -0.05) is 115 Å². The average Bonchev–Trinajstić information content (AvgIpc) is 3.38. The van der Waals surface area contributed by atoms with Gasteiger partial charge in [0.05, 0.1) is 16.6 Å². The molecule has 4 aromatic carbocycles. The minimum atomic E-state index is 0.319. The molecule has 0 saturated carbocycles. The third-order valence-electron chi connectivity index (χ3n) is 10.5. The lowest BCUT2D eigenvalue weighted by Gasteiger charge is -2.42. The first-order chi connectivity index (χ1) is 20.6. The fraction of sp³-hybridized carbons (Fsp3) is 0.390. The SMILES string of the molecule is CCCC/C(C)=C\c1ccc2c(c1)nc1c3ccc4cc(CCCC(C)(CC)C(C)(C)C)ccc4c3c3ccccc3n21. The molecule has 6 aromatic rings. The van der Waals surface area contributed by atoms with E-state index in [1.165, 1.54) is 86.8 Å². The van der Waals surface area contributed by atoms with Crippen LogP contribution in [0, 0.1) is 10.8 Å². The molecule has 0 fully saturated rings. The summed E-state index contributed by atoms with van der Waals surface area (Å²) in [6, 6.07) is 27.4. The molecule has 0 aliphatic rings. The number of pyridine rings is 1. The molecule has 0 radical (unpaired) electrons. The summed E-state index contributed by atoms with van der Waals surface area (Å²) in [5.74, 6) is 0. The van der Waals surface area contributed by atoms with Gasteiger partial charge >= 0.3 is 0 Å². The molecule has 0 amide bonds. The van der Waals surface area contributed by atoms with E-state index in [4.69, 9.17) is 4.98 Å². The number of imidazole rings is 1. The largest absolute Gasteiger partial charge is 0.292 e. The van der Waals surface area contributed by atoms with E-state index in [-0.39, 0.29) is 0 Å². The zero-order valence-electron chi connectivity index (χ0n) is 27.3. The van der Waals surface area contributed by atoms with E-state index < -0.39 is 0 Å². The van der Waals surface area contributed by atoms with Crippen molar-refractivity contribution in [1.29, 1.82) is 0 Å². The van der Waals surface area contributed by atoms with Gasteiger partial charge in [0.1, 0.15) is 5.65 Å². The van der Waals surface area contributed by atoms with Crippen molar-refractivity contribution in [3.05, 3.63) is 89.5 Å². The van der Waals surface area contributed by atoms with Gasteiger partial charge in [-0.2, -0.15) is 0 Å². The maximum atomic E-state index is 5.27. The van der Waals surface area contributed by atoms with Crippen LogP contribution in [0.15, 0.2) is 78.4 Å². The molecule has 6 rings (SSSR count). The van der Waals surface area contributed by atoms with E-state index in [0.29, 0.717) is 10.8 Å². The predicted molar refractivity (Wildman–Crippen MR) is 189 cm³/mol. The molecule has 2 aromatic heterocycles. The van der Waals surface area contributed by atoms with E-state index >= 15 is 0 Å². The monoisotopic (exact) mass is 568 g/mol. The summed E-state index contributed by atoms with van der Waals surface area (Å²) in [5, 5.41) is 6.44. The number of hydrogen-bond donors (Lipinski definition) is 0. The Bertz CT molecular complexity index is 1980. The van der Waals surface area contributed by atoms with Gasteiger partial charge in [-0.05, 0) is 96.0 Å². The molecule has 0 aliphatic carbocycles. The lowest BCUT2D eigenvalue weighted by atomic mass is 9.64. The molecule has 1 atom stereocenters. The summed E-state index contributed by atoms with van der Waals surface area (Å²) < 4.78 is 2.37. The zero-order valence-corrected chi connectivity index (χ0v) is 27.3. The van der Waals surface area contributed by atoms with Gasteiger partial charge in [-0.3, -0.25) is 4.40 Å². The van der Waals surface area contributed by atoms with Crippen molar-refractivity contribution in [3.63, 3.8) is 0 Å². The highest BCUT2D eigenvalue weighted by atomic mass is 15.0. The third-order valence-corrected chi connectivity index (χ3v) is 10.5. The summed E-state index contributed by atoms with van der Waals surface area (Å²) in [6.07, 6.45) is 10.8. The highest BCUT2D eigenvalue weighted by molar-refractivity contribution is 6.24. The molecule has 0 N–H and O–H groups in total. The van der Waals surface area contributed by atoms with Gasteiger partial charge in [0.2, 0.25) is 0 Å². The molecule has 2 nitrogen and oxygen atoms in total. The van der Waals surface area contributed by atoms with E-state index in [0.717, 1.165) is 24.0 Å². The highest BCUT2D eigenvalue weighted by Crippen LogP contribution is 2.45. The summed E-state index contributed by atoms with van der Waals surface area (Å²) in [7, 11) is 0. The maximum absolute atomic E-state index is 5.27. The normalized spacial score (nSPS) is 14.4. The number of allylic oxidation sites excluding steroid dienone is 1. The van der Waals surface area contributed by atoms with Crippen LogP contribution in [0.25, 0.3) is 55.2 Å². The van der Waals surface area contributed by atoms with E-state index in [1.807, 2.05) is 0 Å². The standard InChI is InChI=1S/C41H48N2/c1-8-10-14-28(3)25-30-19-23-37-35(27-30)42-39-34-22-20-31-26-29(15-13-24-41(7,9-2)40(4,5)6)18-21-32(31)38(34)33-16-11-12-17-36(33)43(37)39/h11-12,16-23,25-27H,8-10,13-15,24H2,1-7H3/b28-25-. The maximum Gasteiger partial charge on any atom is 0.146 e. The van der Waals surface area contributed by atoms with E-state index in [2.05, 4.69) is 132 Å². The van der Waals surface area contributed by atoms with Crippen molar-refractivity contribution in [2.24, 2.45) is 10.8 Å². The zero-order chi connectivity index (χ0) is 30.4. The second-order valence-corrected chi connectivity index (χ2v) is 14.2. The van der Waals surface area contributed by atoms with Crippen LogP contribution >= 0.6 is 0 Å². The third kappa shape index (κ3) is 5.35. The predicted octanol–water partition coefficient (Wildman–Crippen LogP) is 12.3. The Morgan fingerprint density at radius 3 is 2.37 bits per heavy atom. The molecule has 2 heterocycles. The molecule has 2 heteroatoms. The van der Waals surface area contributed by atoms with Gasteiger partial charge in [0, 0.05) is 16.2 Å². The molecular weight excluding hydrogens is 520 g/mol. The van der Waals surface area contributed by atoms with Gasteiger partial charge < -0.3 is 0 Å². The fourth-order valence-electron chi connectivity index (χ4n) is 7.08. The number of rotatable bonds is 9. The van der Waals surface area contributed by atoms with Crippen LogP contribution in [-0.2, 0) is 6.42 Å². The molecule has 0 saturated heterocycles. The Kier molecular flexibility index (Phi) is 7.84. The highest BCUT2D eigenvalue weighted by Gasteiger charge is 2.34. The molecular formula is C41H48N2. The first kappa shape index (κ1) is 29.4. The summed E-state index contributed by atoms with van der Waals surface area (Å²) >= 11 is 0. The van der Waals surface area contributed by atoms with E-state index in [1.54, 1.807) is 0 Å². The van der Waals surface area contributed by atoms with Gasteiger partial charge in [0.25, 0.3) is 0 Å². The molecule has 43 heavy (non-hydrogen) atoms.